The molecule has 0 spiro atoms. The van der Waals surface area contributed by atoms with Crippen LogP contribution in [0.25, 0.3) is 11.3 Å². The summed E-state index contributed by atoms with van der Waals surface area (Å²) in [4.78, 5) is 0. The molecule has 0 radical (unpaired) electrons. The second-order valence-electron chi connectivity index (χ2n) is 3.36. The molecule has 0 aliphatic carbocycles. The van der Waals surface area contributed by atoms with Gasteiger partial charge in [0.25, 0.3) is 0 Å². The molecule has 0 fully saturated rings. The Hall–Kier alpha value is -0.910. The van der Waals surface area contributed by atoms with Crippen LogP contribution in [-0.2, 0) is 13.0 Å². The fourth-order valence-electron chi connectivity index (χ4n) is 1.89. The number of rotatable bonds is 0. The molecule has 1 aromatic carbocycles. The van der Waals surface area contributed by atoms with Gasteiger partial charge in [-0.05, 0) is 34.6 Å². The first kappa shape index (κ1) is 8.40. The zero-order valence-corrected chi connectivity index (χ0v) is 9.60. The lowest BCUT2D eigenvalue weighted by Crippen LogP contribution is -2.11. The second-order valence-corrected chi connectivity index (χ2v) is 4.38. The third-order valence-electron chi connectivity index (χ3n) is 2.56. The molecule has 4 heteroatoms. The Balaban J connectivity index is 2.32. The molecule has 0 atom stereocenters. The monoisotopic (exact) mass is 297 g/mol. The maximum atomic E-state index is 4.11. The number of nitrogens with zero attached hydrogens (tertiary/aromatic N) is 3. The molecule has 70 valence electrons. The molecule has 1 aliphatic rings. The molecule has 2 heterocycles. The molecular formula is C10H8IN3. The zero-order chi connectivity index (χ0) is 9.54. The van der Waals surface area contributed by atoms with Gasteiger partial charge in [-0.1, -0.05) is 29.5 Å². The minimum absolute atomic E-state index is 0.947. The van der Waals surface area contributed by atoms with E-state index in [0.29, 0.717) is 0 Å². The van der Waals surface area contributed by atoms with Gasteiger partial charge >= 0.3 is 0 Å². The highest BCUT2D eigenvalue weighted by molar-refractivity contribution is 14.1. The fourth-order valence-corrected chi connectivity index (χ4v) is 2.56. The summed E-state index contributed by atoms with van der Waals surface area (Å²) in [5.41, 5.74) is 3.86. The Morgan fingerprint density at radius 1 is 1.29 bits per heavy atom. The van der Waals surface area contributed by atoms with Crippen molar-refractivity contribution in [3.05, 3.63) is 33.5 Å². The summed E-state index contributed by atoms with van der Waals surface area (Å²) in [5, 5.41) is 8.21. The van der Waals surface area contributed by atoms with Crippen molar-refractivity contribution in [1.82, 2.24) is 15.0 Å². The molecule has 0 saturated heterocycles. The number of benzene rings is 1. The summed E-state index contributed by atoms with van der Waals surface area (Å²) in [6.45, 7) is 0.947. The van der Waals surface area contributed by atoms with E-state index in [9.17, 15) is 0 Å². The Labute approximate surface area is 95.3 Å². The Bertz CT molecular complexity index is 490. The zero-order valence-electron chi connectivity index (χ0n) is 7.44. The predicted octanol–water partition coefficient (Wildman–Crippen LogP) is 2.11. The van der Waals surface area contributed by atoms with Crippen molar-refractivity contribution >= 4 is 22.6 Å². The summed E-state index contributed by atoms with van der Waals surface area (Å²) in [7, 11) is 0. The van der Waals surface area contributed by atoms with Crippen LogP contribution in [0.15, 0.2) is 24.3 Å². The molecule has 0 bridgehead atoms. The normalized spacial score (nSPS) is 13.5. The van der Waals surface area contributed by atoms with E-state index in [2.05, 4.69) is 57.2 Å². The minimum atomic E-state index is 0.947. The van der Waals surface area contributed by atoms with E-state index in [0.717, 1.165) is 16.7 Å². The summed E-state index contributed by atoms with van der Waals surface area (Å²) in [6.07, 6.45) is 1.06. The highest BCUT2D eigenvalue weighted by Gasteiger charge is 2.19. The molecule has 0 N–H and O–H groups in total. The molecule has 3 nitrogen and oxygen atoms in total. The first-order chi connectivity index (χ1) is 6.86. The summed E-state index contributed by atoms with van der Waals surface area (Å²) in [5.74, 6) is 0. The topological polar surface area (TPSA) is 30.7 Å². The van der Waals surface area contributed by atoms with Gasteiger partial charge in [0, 0.05) is 12.1 Å². The van der Waals surface area contributed by atoms with E-state index in [1.54, 1.807) is 0 Å². The van der Waals surface area contributed by atoms with Crippen LogP contribution in [0.1, 0.15) is 5.56 Å². The lowest BCUT2D eigenvalue weighted by atomic mass is 9.99. The molecule has 0 amide bonds. The number of aromatic nitrogens is 3. The van der Waals surface area contributed by atoms with Crippen molar-refractivity contribution in [2.75, 3.05) is 0 Å². The number of fused-ring (bicyclic) bond motifs is 3. The molecule has 2 aromatic rings. The van der Waals surface area contributed by atoms with Gasteiger partial charge in [-0.3, -0.25) is 0 Å². The van der Waals surface area contributed by atoms with Gasteiger partial charge in [0.1, 0.15) is 5.69 Å². The highest BCUT2D eigenvalue weighted by atomic mass is 127. The van der Waals surface area contributed by atoms with Crippen molar-refractivity contribution in [2.24, 2.45) is 0 Å². The minimum Gasteiger partial charge on any atom is -0.243 e. The van der Waals surface area contributed by atoms with Crippen LogP contribution < -0.4 is 0 Å². The van der Waals surface area contributed by atoms with Crippen LogP contribution in [0, 0.1) is 3.70 Å². The molecular weight excluding hydrogens is 289 g/mol. The van der Waals surface area contributed by atoms with Crippen molar-refractivity contribution in [2.45, 2.75) is 13.0 Å². The van der Waals surface area contributed by atoms with Crippen molar-refractivity contribution < 1.29 is 0 Å². The van der Waals surface area contributed by atoms with E-state index < -0.39 is 0 Å². The molecule has 1 aromatic heterocycles. The quantitative estimate of drug-likeness (QED) is 0.697. The summed E-state index contributed by atoms with van der Waals surface area (Å²) < 4.78 is 2.99. The molecule has 1 aliphatic heterocycles. The lowest BCUT2D eigenvalue weighted by molar-refractivity contribution is 0.583. The molecule has 3 rings (SSSR count). The van der Waals surface area contributed by atoms with Crippen LogP contribution in [0.4, 0.5) is 0 Å². The maximum Gasteiger partial charge on any atom is 0.151 e. The van der Waals surface area contributed by atoms with E-state index in [4.69, 9.17) is 0 Å². The first-order valence-electron chi connectivity index (χ1n) is 4.53. The lowest BCUT2D eigenvalue weighted by Gasteiger charge is -2.16. The van der Waals surface area contributed by atoms with Crippen LogP contribution in [0.5, 0.6) is 0 Å². The summed E-state index contributed by atoms with van der Waals surface area (Å²) >= 11 is 2.24. The Morgan fingerprint density at radius 2 is 2.14 bits per heavy atom. The van der Waals surface area contributed by atoms with Gasteiger partial charge in [0.2, 0.25) is 0 Å². The van der Waals surface area contributed by atoms with Crippen LogP contribution in [0.3, 0.4) is 0 Å². The van der Waals surface area contributed by atoms with Crippen LogP contribution >= 0.6 is 22.6 Å². The maximum absolute atomic E-state index is 4.11. The SMILES string of the molecule is Ic1nnn2c1-c1ccccc1CC2. The van der Waals surface area contributed by atoms with Crippen molar-refractivity contribution in [3.8, 4) is 11.3 Å². The largest absolute Gasteiger partial charge is 0.243 e. The van der Waals surface area contributed by atoms with Crippen molar-refractivity contribution in [3.63, 3.8) is 0 Å². The van der Waals surface area contributed by atoms with Crippen LogP contribution in [-0.4, -0.2) is 15.0 Å². The van der Waals surface area contributed by atoms with E-state index in [1.165, 1.54) is 16.8 Å². The van der Waals surface area contributed by atoms with Gasteiger partial charge in [0.05, 0.1) is 0 Å². The Kier molecular flexibility index (Phi) is 1.83. The number of halogens is 1. The fraction of sp³-hybridized carbons (Fsp3) is 0.200. The third kappa shape index (κ3) is 1.10. The Morgan fingerprint density at radius 3 is 3.07 bits per heavy atom. The number of aryl methyl sites for hydroxylation is 2. The predicted molar refractivity (Wildman–Crippen MR) is 61.9 cm³/mol. The average molecular weight is 297 g/mol. The van der Waals surface area contributed by atoms with Gasteiger partial charge < -0.3 is 0 Å². The van der Waals surface area contributed by atoms with Crippen LogP contribution in [0.2, 0.25) is 0 Å². The van der Waals surface area contributed by atoms with E-state index in [-0.39, 0.29) is 0 Å². The molecule has 14 heavy (non-hydrogen) atoms. The standard InChI is InChI=1S/C10H8IN3/c11-10-9-8-4-2-1-3-7(8)5-6-14(9)13-12-10/h1-4H,5-6H2. The highest BCUT2D eigenvalue weighted by Crippen LogP contribution is 2.30. The average Bonchev–Trinajstić information content (AvgIpc) is 2.61. The van der Waals surface area contributed by atoms with Gasteiger partial charge in [-0.2, -0.15) is 0 Å². The first-order valence-corrected chi connectivity index (χ1v) is 5.61. The van der Waals surface area contributed by atoms with Gasteiger partial charge in [-0.15, -0.1) is 5.10 Å². The van der Waals surface area contributed by atoms with Gasteiger partial charge in [-0.25, -0.2) is 4.68 Å². The summed E-state index contributed by atoms with van der Waals surface area (Å²) in [6, 6.07) is 8.48. The number of hydrogen-bond donors (Lipinski definition) is 0. The molecule has 0 unspecified atom stereocenters. The van der Waals surface area contributed by atoms with Gasteiger partial charge in [0.15, 0.2) is 3.70 Å². The smallest absolute Gasteiger partial charge is 0.151 e. The van der Waals surface area contributed by atoms with E-state index in [1.807, 2.05) is 4.68 Å². The third-order valence-corrected chi connectivity index (χ3v) is 3.29. The molecule has 0 saturated carbocycles. The number of hydrogen-bond acceptors (Lipinski definition) is 2. The van der Waals surface area contributed by atoms with Crippen molar-refractivity contribution in [1.29, 1.82) is 0 Å². The van der Waals surface area contributed by atoms with E-state index >= 15 is 0 Å². The second kappa shape index (κ2) is 3.05.